The molecule has 0 aliphatic rings. The van der Waals surface area contributed by atoms with Crippen molar-refractivity contribution < 1.29 is 4.79 Å². The lowest BCUT2D eigenvalue weighted by molar-refractivity contribution is 0.0790. The normalized spacial score (nSPS) is 11.2. The Morgan fingerprint density at radius 2 is 2.04 bits per heavy atom. The fourth-order valence-electron chi connectivity index (χ4n) is 3.23. The highest BCUT2D eigenvalue weighted by Gasteiger charge is 2.21. The molecule has 2 heterocycles. The van der Waals surface area contributed by atoms with Gasteiger partial charge in [0.1, 0.15) is 5.69 Å². The summed E-state index contributed by atoms with van der Waals surface area (Å²) < 4.78 is 1.82. The van der Waals surface area contributed by atoms with E-state index < -0.39 is 0 Å². The Hall–Kier alpha value is -2.44. The SMILES string of the molecule is CCCN(C)C(=O)c1cn2c(-c3ccc(C)cc3Cl)c(CN)c(C)nc2n1. The van der Waals surface area contributed by atoms with Gasteiger partial charge in [0.15, 0.2) is 0 Å². The Labute approximate surface area is 164 Å². The van der Waals surface area contributed by atoms with Crippen molar-refractivity contribution in [1.29, 1.82) is 0 Å². The number of hydrogen-bond donors (Lipinski definition) is 1. The number of carbonyl (C=O) groups excluding carboxylic acids is 1. The van der Waals surface area contributed by atoms with Crippen LogP contribution in [0.2, 0.25) is 5.02 Å². The molecule has 6 nitrogen and oxygen atoms in total. The number of halogens is 1. The van der Waals surface area contributed by atoms with Crippen LogP contribution in [-0.2, 0) is 6.54 Å². The Balaban J connectivity index is 2.26. The van der Waals surface area contributed by atoms with Gasteiger partial charge in [-0.25, -0.2) is 9.97 Å². The van der Waals surface area contributed by atoms with Crippen LogP contribution in [-0.4, -0.2) is 38.8 Å². The largest absolute Gasteiger partial charge is 0.340 e. The summed E-state index contributed by atoms with van der Waals surface area (Å²) in [5.74, 6) is 0.333. The molecule has 0 bridgehead atoms. The van der Waals surface area contributed by atoms with Crippen molar-refractivity contribution in [3.05, 3.63) is 51.9 Å². The van der Waals surface area contributed by atoms with E-state index in [9.17, 15) is 4.79 Å². The lowest BCUT2D eigenvalue weighted by atomic mass is 10.0. The topological polar surface area (TPSA) is 76.5 Å². The molecule has 0 saturated carbocycles. The molecule has 0 fully saturated rings. The van der Waals surface area contributed by atoms with Crippen LogP contribution in [0.15, 0.2) is 24.4 Å². The quantitative estimate of drug-likeness (QED) is 0.727. The standard InChI is InChI=1S/C20H24ClN5O/c1-5-8-25(4)19(27)17-11-26-18(14-7-6-12(2)9-16(14)21)15(10-22)13(3)23-20(26)24-17/h6-7,9,11H,5,8,10,22H2,1-4H3. The Morgan fingerprint density at radius 3 is 2.67 bits per heavy atom. The molecule has 1 amide bonds. The zero-order valence-corrected chi connectivity index (χ0v) is 16.8. The monoisotopic (exact) mass is 385 g/mol. The van der Waals surface area contributed by atoms with E-state index in [2.05, 4.69) is 9.97 Å². The highest BCUT2D eigenvalue weighted by Crippen LogP contribution is 2.33. The van der Waals surface area contributed by atoms with Crippen molar-refractivity contribution in [3.63, 3.8) is 0 Å². The van der Waals surface area contributed by atoms with Gasteiger partial charge in [-0.05, 0) is 31.9 Å². The third-order valence-electron chi connectivity index (χ3n) is 4.63. The predicted octanol–water partition coefficient (Wildman–Crippen LogP) is 3.61. The zero-order chi connectivity index (χ0) is 19.7. The van der Waals surface area contributed by atoms with Gasteiger partial charge in [0, 0.05) is 43.2 Å². The van der Waals surface area contributed by atoms with Crippen molar-refractivity contribution in [2.24, 2.45) is 5.73 Å². The molecule has 2 aromatic heterocycles. The van der Waals surface area contributed by atoms with Gasteiger partial charge in [0.25, 0.3) is 5.91 Å². The van der Waals surface area contributed by atoms with Crippen molar-refractivity contribution in [2.45, 2.75) is 33.7 Å². The smallest absolute Gasteiger partial charge is 0.273 e. The summed E-state index contributed by atoms with van der Waals surface area (Å²) >= 11 is 6.54. The number of amides is 1. The van der Waals surface area contributed by atoms with Crippen LogP contribution >= 0.6 is 11.6 Å². The highest BCUT2D eigenvalue weighted by molar-refractivity contribution is 6.33. The van der Waals surface area contributed by atoms with Crippen LogP contribution in [0.1, 0.15) is 40.7 Å². The van der Waals surface area contributed by atoms with E-state index >= 15 is 0 Å². The van der Waals surface area contributed by atoms with Gasteiger partial charge in [0.05, 0.1) is 10.7 Å². The molecule has 1 aromatic carbocycles. The third-order valence-corrected chi connectivity index (χ3v) is 4.94. The minimum Gasteiger partial charge on any atom is -0.340 e. The number of hydrogen-bond acceptors (Lipinski definition) is 4. The molecule has 142 valence electrons. The van der Waals surface area contributed by atoms with E-state index in [0.29, 0.717) is 29.6 Å². The second kappa shape index (κ2) is 7.66. The second-order valence-corrected chi connectivity index (χ2v) is 7.14. The molecule has 3 rings (SSSR count). The van der Waals surface area contributed by atoms with Crippen molar-refractivity contribution in [1.82, 2.24) is 19.3 Å². The number of fused-ring (bicyclic) bond motifs is 1. The van der Waals surface area contributed by atoms with E-state index in [4.69, 9.17) is 17.3 Å². The Kier molecular flexibility index (Phi) is 5.48. The van der Waals surface area contributed by atoms with Crippen LogP contribution < -0.4 is 5.73 Å². The first kappa shape index (κ1) is 19.3. The molecule has 27 heavy (non-hydrogen) atoms. The number of imidazole rings is 1. The van der Waals surface area contributed by atoms with Gasteiger partial charge in [-0.1, -0.05) is 30.7 Å². The highest BCUT2D eigenvalue weighted by atomic mass is 35.5. The van der Waals surface area contributed by atoms with E-state index in [1.54, 1.807) is 18.1 Å². The number of rotatable bonds is 5. The van der Waals surface area contributed by atoms with Crippen molar-refractivity contribution in [3.8, 4) is 11.3 Å². The van der Waals surface area contributed by atoms with Crippen molar-refractivity contribution in [2.75, 3.05) is 13.6 Å². The maximum Gasteiger partial charge on any atom is 0.273 e. The number of nitrogens with two attached hydrogens (primary N) is 1. The van der Waals surface area contributed by atoms with E-state index in [1.807, 2.05) is 43.4 Å². The average Bonchev–Trinajstić information content (AvgIpc) is 3.04. The molecular formula is C20H24ClN5O. The van der Waals surface area contributed by atoms with Gasteiger partial charge in [-0.3, -0.25) is 9.20 Å². The Morgan fingerprint density at radius 1 is 1.30 bits per heavy atom. The molecular weight excluding hydrogens is 362 g/mol. The first-order valence-corrected chi connectivity index (χ1v) is 9.35. The summed E-state index contributed by atoms with van der Waals surface area (Å²) in [6.07, 6.45) is 2.61. The molecule has 7 heteroatoms. The van der Waals surface area contributed by atoms with Crippen LogP contribution in [0.25, 0.3) is 17.0 Å². The van der Waals surface area contributed by atoms with E-state index in [-0.39, 0.29) is 5.91 Å². The second-order valence-electron chi connectivity index (χ2n) is 6.73. The number of benzene rings is 1. The molecule has 0 saturated heterocycles. The first-order chi connectivity index (χ1) is 12.9. The van der Waals surface area contributed by atoms with Gasteiger partial charge in [-0.15, -0.1) is 0 Å². The minimum absolute atomic E-state index is 0.129. The molecule has 0 atom stereocenters. The predicted molar refractivity (Wildman–Crippen MR) is 108 cm³/mol. The zero-order valence-electron chi connectivity index (χ0n) is 16.1. The lowest BCUT2D eigenvalue weighted by Crippen LogP contribution is -2.27. The van der Waals surface area contributed by atoms with E-state index in [0.717, 1.165) is 34.5 Å². The number of aryl methyl sites for hydroxylation is 2. The van der Waals surface area contributed by atoms with Gasteiger partial charge >= 0.3 is 0 Å². The summed E-state index contributed by atoms with van der Waals surface area (Å²) in [4.78, 5) is 23.3. The summed E-state index contributed by atoms with van der Waals surface area (Å²) in [6, 6.07) is 5.88. The number of nitrogens with zero attached hydrogens (tertiary/aromatic N) is 4. The third kappa shape index (κ3) is 3.55. The molecule has 3 aromatic rings. The summed E-state index contributed by atoms with van der Waals surface area (Å²) in [5.41, 5.74) is 10.8. The summed E-state index contributed by atoms with van der Waals surface area (Å²) in [5, 5.41) is 0.626. The summed E-state index contributed by atoms with van der Waals surface area (Å²) in [6.45, 7) is 6.90. The number of carbonyl (C=O) groups is 1. The van der Waals surface area contributed by atoms with Gasteiger partial charge < -0.3 is 10.6 Å². The molecule has 0 radical (unpaired) electrons. The molecule has 0 unspecified atom stereocenters. The molecule has 0 aliphatic heterocycles. The fourth-order valence-corrected chi connectivity index (χ4v) is 3.56. The van der Waals surface area contributed by atoms with E-state index in [1.165, 1.54) is 0 Å². The lowest BCUT2D eigenvalue weighted by Gasteiger charge is -2.15. The molecule has 2 N–H and O–H groups in total. The van der Waals surface area contributed by atoms with Gasteiger partial charge in [-0.2, -0.15) is 0 Å². The van der Waals surface area contributed by atoms with Crippen LogP contribution in [0.4, 0.5) is 0 Å². The van der Waals surface area contributed by atoms with Crippen LogP contribution in [0.3, 0.4) is 0 Å². The first-order valence-electron chi connectivity index (χ1n) is 8.98. The van der Waals surface area contributed by atoms with Crippen molar-refractivity contribution >= 4 is 23.3 Å². The van der Waals surface area contributed by atoms with Crippen LogP contribution in [0.5, 0.6) is 0 Å². The Bertz CT molecular complexity index is 1010. The summed E-state index contributed by atoms with van der Waals surface area (Å²) in [7, 11) is 1.78. The van der Waals surface area contributed by atoms with Gasteiger partial charge in [0.2, 0.25) is 5.78 Å². The van der Waals surface area contributed by atoms with Crippen LogP contribution in [0, 0.1) is 13.8 Å². The number of aromatic nitrogens is 3. The molecule has 0 spiro atoms. The fraction of sp³-hybridized carbons (Fsp3) is 0.350. The average molecular weight is 386 g/mol. The maximum atomic E-state index is 12.7. The minimum atomic E-state index is -0.129. The maximum absolute atomic E-state index is 12.7. The molecule has 0 aliphatic carbocycles.